The molecule has 0 aliphatic heterocycles. The Morgan fingerprint density at radius 2 is 2.31 bits per heavy atom. The van der Waals surface area contributed by atoms with E-state index in [0.717, 1.165) is 5.69 Å². The maximum absolute atomic E-state index is 9.06. The molecule has 1 aromatic rings. The van der Waals surface area contributed by atoms with E-state index in [1.807, 2.05) is 30.4 Å². The first-order valence-corrected chi connectivity index (χ1v) is 4.37. The smallest absolute Gasteiger partial charge is 0.0635 e. The van der Waals surface area contributed by atoms with Crippen molar-refractivity contribution in [2.45, 2.75) is 12.5 Å². The minimum absolute atomic E-state index is 0.0131. The molecule has 0 saturated heterocycles. The molecule has 0 aromatic carbocycles. The zero-order chi connectivity index (χ0) is 9.68. The van der Waals surface area contributed by atoms with Gasteiger partial charge in [0.1, 0.15) is 0 Å². The largest absolute Gasteiger partial charge is 0.396 e. The molecule has 0 aliphatic rings. The molecule has 0 saturated carbocycles. The summed E-state index contributed by atoms with van der Waals surface area (Å²) in [6.07, 6.45) is 4.28. The predicted molar refractivity (Wildman–Crippen MR) is 51.8 cm³/mol. The molecule has 0 bridgehead atoms. The minimum Gasteiger partial charge on any atom is -0.396 e. The predicted octanol–water partition coefficient (Wildman–Crippen LogP) is 0.194. The molecular formula is C9H16N2O2. The van der Waals surface area contributed by atoms with Crippen LogP contribution in [0.5, 0.6) is 0 Å². The highest BCUT2D eigenvalue weighted by Crippen LogP contribution is 2.14. The van der Waals surface area contributed by atoms with Gasteiger partial charge in [0.2, 0.25) is 0 Å². The van der Waals surface area contributed by atoms with Crippen molar-refractivity contribution in [1.29, 1.82) is 0 Å². The number of hydrogen-bond acceptors (Lipinski definition) is 3. The number of aliphatic hydroxyl groups is 2. The maximum Gasteiger partial charge on any atom is 0.0635 e. The second-order valence-corrected chi connectivity index (χ2v) is 3.03. The topological polar surface area (TPSA) is 59.5 Å². The van der Waals surface area contributed by atoms with E-state index < -0.39 is 0 Å². The minimum atomic E-state index is -0.0131. The third-order valence-electron chi connectivity index (χ3n) is 2.21. The molecule has 4 nitrogen and oxygen atoms in total. The highest BCUT2D eigenvalue weighted by molar-refractivity contribution is 5.44. The first-order valence-electron chi connectivity index (χ1n) is 4.37. The Morgan fingerprint density at radius 3 is 2.77 bits per heavy atom. The van der Waals surface area contributed by atoms with Crippen molar-refractivity contribution < 1.29 is 10.2 Å². The molecule has 0 radical (unpaired) electrons. The molecule has 0 amide bonds. The second kappa shape index (κ2) is 4.89. The van der Waals surface area contributed by atoms with Crippen LogP contribution in [0.1, 0.15) is 6.42 Å². The Morgan fingerprint density at radius 1 is 1.54 bits per heavy atom. The van der Waals surface area contributed by atoms with Gasteiger partial charge < -0.3 is 20.1 Å². The van der Waals surface area contributed by atoms with Gasteiger partial charge in [-0.05, 0) is 12.5 Å². The summed E-state index contributed by atoms with van der Waals surface area (Å²) < 4.78 is 0. The van der Waals surface area contributed by atoms with Crippen LogP contribution in [0.15, 0.2) is 18.5 Å². The number of likely N-dealkylation sites (N-methyl/N-ethyl adjacent to an activating group) is 1. The molecule has 13 heavy (non-hydrogen) atoms. The molecule has 4 heteroatoms. The zero-order valence-corrected chi connectivity index (χ0v) is 7.77. The van der Waals surface area contributed by atoms with Crippen LogP contribution in [0, 0.1) is 0 Å². The van der Waals surface area contributed by atoms with Crippen LogP contribution in [0.3, 0.4) is 0 Å². The standard InChI is InChI=1S/C9H16N2O2/c1-11(8-2-4-10-6-8)9(7-13)3-5-12/h2,4,6,9-10,12-13H,3,5,7H2,1H3. The third-order valence-corrected chi connectivity index (χ3v) is 2.21. The number of H-pyrrole nitrogens is 1. The van der Waals surface area contributed by atoms with Gasteiger partial charge in [-0.1, -0.05) is 0 Å². The lowest BCUT2D eigenvalue weighted by atomic mass is 10.2. The Hall–Kier alpha value is -1.00. The average Bonchev–Trinajstić information content (AvgIpc) is 2.65. The first kappa shape index (κ1) is 10.1. The van der Waals surface area contributed by atoms with E-state index in [2.05, 4.69) is 4.98 Å². The molecule has 3 N–H and O–H groups in total. The highest BCUT2D eigenvalue weighted by Gasteiger charge is 2.13. The van der Waals surface area contributed by atoms with Gasteiger partial charge in [-0.15, -0.1) is 0 Å². The van der Waals surface area contributed by atoms with Crippen molar-refractivity contribution in [2.24, 2.45) is 0 Å². The van der Waals surface area contributed by atoms with Crippen LogP contribution in [-0.4, -0.2) is 41.5 Å². The molecule has 1 unspecified atom stereocenters. The quantitative estimate of drug-likeness (QED) is 0.612. The van der Waals surface area contributed by atoms with Crippen LogP contribution >= 0.6 is 0 Å². The van der Waals surface area contributed by atoms with Gasteiger partial charge in [0.25, 0.3) is 0 Å². The van der Waals surface area contributed by atoms with E-state index in [1.165, 1.54) is 0 Å². The van der Waals surface area contributed by atoms with Crippen molar-refractivity contribution in [3.05, 3.63) is 18.5 Å². The molecule has 0 fully saturated rings. The number of aromatic amines is 1. The fourth-order valence-corrected chi connectivity index (χ4v) is 1.30. The Balaban J connectivity index is 2.58. The molecule has 0 spiro atoms. The number of anilines is 1. The summed E-state index contributed by atoms with van der Waals surface area (Å²) in [6.45, 7) is 0.155. The molecule has 0 aliphatic carbocycles. The summed E-state index contributed by atoms with van der Waals surface area (Å²) in [5.74, 6) is 0. The monoisotopic (exact) mass is 184 g/mol. The Bertz CT molecular complexity index is 224. The van der Waals surface area contributed by atoms with E-state index in [1.54, 1.807) is 0 Å². The third kappa shape index (κ3) is 2.47. The van der Waals surface area contributed by atoms with Crippen LogP contribution in [0.25, 0.3) is 0 Å². The molecule has 1 atom stereocenters. The summed E-state index contributed by atoms with van der Waals surface area (Å²) in [4.78, 5) is 4.90. The van der Waals surface area contributed by atoms with E-state index in [-0.39, 0.29) is 19.3 Å². The number of rotatable bonds is 5. The van der Waals surface area contributed by atoms with Gasteiger partial charge >= 0.3 is 0 Å². The normalized spacial score (nSPS) is 12.8. The number of hydrogen-bond donors (Lipinski definition) is 3. The lowest BCUT2D eigenvalue weighted by Crippen LogP contribution is -2.35. The van der Waals surface area contributed by atoms with Gasteiger partial charge in [0.15, 0.2) is 0 Å². The zero-order valence-electron chi connectivity index (χ0n) is 7.77. The summed E-state index contributed by atoms with van der Waals surface area (Å²) >= 11 is 0. The first-order chi connectivity index (χ1) is 6.29. The highest BCUT2D eigenvalue weighted by atomic mass is 16.3. The van der Waals surface area contributed by atoms with E-state index in [4.69, 9.17) is 10.2 Å². The van der Waals surface area contributed by atoms with Crippen molar-refractivity contribution in [3.8, 4) is 0 Å². The van der Waals surface area contributed by atoms with Crippen LogP contribution < -0.4 is 4.90 Å². The van der Waals surface area contributed by atoms with Crippen LogP contribution in [-0.2, 0) is 0 Å². The van der Waals surface area contributed by atoms with Crippen LogP contribution in [0.2, 0.25) is 0 Å². The fourth-order valence-electron chi connectivity index (χ4n) is 1.30. The summed E-state index contributed by atoms with van der Waals surface area (Å²) in [5.41, 5.74) is 1.02. The van der Waals surface area contributed by atoms with E-state index in [9.17, 15) is 0 Å². The SMILES string of the molecule is CN(c1cc[nH]c1)C(CO)CCO. The van der Waals surface area contributed by atoms with Crippen molar-refractivity contribution in [2.75, 3.05) is 25.2 Å². The van der Waals surface area contributed by atoms with Crippen molar-refractivity contribution >= 4 is 5.69 Å². The average molecular weight is 184 g/mol. The van der Waals surface area contributed by atoms with Gasteiger partial charge in [0.05, 0.1) is 18.3 Å². The Kier molecular flexibility index (Phi) is 3.79. The van der Waals surface area contributed by atoms with Gasteiger partial charge in [-0.3, -0.25) is 0 Å². The van der Waals surface area contributed by atoms with E-state index in [0.29, 0.717) is 6.42 Å². The second-order valence-electron chi connectivity index (χ2n) is 3.03. The lowest BCUT2D eigenvalue weighted by Gasteiger charge is -2.26. The number of aromatic nitrogens is 1. The fraction of sp³-hybridized carbons (Fsp3) is 0.556. The number of nitrogens with zero attached hydrogens (tertiary/aromatic N) is 1. The van der Waals surface area contributed by atoms with E-state index >= 15 is 0 Å². The Labute approximate surface area is 77.8 Å². The lowest BCUT2D eigenvalue weighted by molar-refractivity contribution is 0.218. The van der Waals surface area contributed by atoms with Gasteiger partial charge in [0, 0.05) is 26.0 Å². The number of aliphatic hydroxyl groups excluding tert-OH is 2. The summed E-state index contributed by atoms with van der Waals surface area (Å²) in [7, 11) is 1.90. The molecular weight excluding hydrogens is 168 g/mol. The van der Waals surface area contributed by atoms with Crippen molar-refractivity contribution in [1.82, 2.24) is 4.98 Å². The molecule has 1 rings (SSSR count). The maximum atomic E-state index is 9.06. The summed E-state index contributed by atoms with van der Waals surface area (Å²) in [5, 5.41) is 17.8. The van der Waals surface area contributed by atoms with Gasteiger partial charge in [-0.25, -0.2) is 0 Å². The molecule has 74 valence electrons. The number of nitrogens with one attached hydrogen (secondary N) is 1. The molecule has 1 heterocycles. The molecule has 1 aromatic heterocycles. The van der Waals surface area contributed by atoms with Gasteiger partial charge in [-0.2, -0.15) is 0 Å². The van der Waals surface area contributed by atoms with Crippen LogP contribution in [0.4, 0.5) is 5.69 Å². The van der Waals surface area contributed by atoms with Crippen molar-refractivity contribution in [3.63, 3.8) is 0 Å². The summed E-state index contributed by atoms with van der Waals surface area (Å²) in [6, 6.07) is 1.92.